The van der Waals surface area contributed by atoms with E-state index in [4.69, 9.17) is 0 Å². The van der Waals surface area contributed by atoms with Crippen LogP contribution in [0.25, 0.3) is 0 Å². The molecule has 3 N–H and O–H groups in total. The summed E-state index contributed by atoms with van der Waals surface area (Å²) >= 11 is 0. The van der Waals surface area contributed by atoms with Crippen LogP contribution in [0, 0.1) is 17.5 Å². The van der Waals surface area contributed by atoms with Gasteiger partial charge in [-0.15, -0.1) is 0 Å². The number of anilines is 1. The fraction of sp³-hybridized carbons (Fsp3) is 0.129. The number of carbonyl (C=O) groups is 2. The third-order valence-corrected chi connectivity index (χ3v) is 6.76. The average Bonchev–Trinajstić information content (AvgIpc) is 3.10. The highest BCUT2D eigenvalue weighted by molar-refractivity contribution is 6.19. The molecule has 6 nitrogen and oxygen atoms in total. The lowest BCUT2D eigenvalue weighted by Gasteiger charge is -2.27. The highest BCUT2D eigenvalue weighted by Crippen LogP contribution is 2.34. The normalized spacial score (nSPS) is 16.1. The van der Waals surface area contributed by atoms with E-state index in [0.29, 0.717) is 22.5 Å². The number of fused-ring (bicyclic) bond motifs is 1. The third-order valence-electron chi connectivity index (χ3n) is 6.76. The summed E-state index contributed by atoms with van der Waals surface area (Å²) in [5.74, 6) is -6.36. The van der Waals surface area contributed by atoms with Crippen molar-refractivity contribution in [1.29, 1.82) is 0 Å². The van der Waals surface area contributed by atoms with Crippen LogP contribution in [0.2, 0.25) is 0 Å². The van der Waals surface area contributed by atoms with Crippen LogP contribution in [0.5, 0.6) is 0 Å². The molecule has 1 heterocycles. The molecule has 0 saturated carbocycles. The highest BCUT2D eigenvalue weighted by atomic mass is 19.2. The maximum atomic E-state index is 14.1. The van der Waals surface area contributed by atoms with Gasteiger partial charge in [0.25, 0.3) is 5.91 Å². The van der Waals surface area contributed by atoms with Crippen LogP contribution < -0.4 is 10.6 Å². The van der Waals surface area contributed by atoms with Gasteiger partial charge in [0.15, 0.2) is 11.6 Å². The number of aliphatic hydroxyl groups is 1. The lowest BCUT2D eigenvalue weighted by atomic mass is 9.81. The van der Waals surface area contributed by atoms with Gasteiger partial charge in [0, 0.05) is 17.0 Å². The standard InChI is InChI=1S/C31H24F3N3O3/c32-21-13-10-18(11-14-21)27(23(17-38)20-12-15-24(33)25(34)16-20)30(39)37-29-31(40)35-26-9-5-4-8-22(26)28(36-29)19-6-2-1-3-7-19/h1-16,23,27,29,38H,17H2,(H,35,40)(H,37,39)/t23-,27+,29+/m0/s1. The summed E-state index contributed by atoms with van der Waals surface area (Å²) in [6.07, 6.45) is -1.37. The predicted octanol–water partition coefficient (Wildman–Crippen LogP) is 4.90. The molecular formula is C31H24F3N3O3. The Bertz CT molecular complexity index is 1580. The van der Waals surface area contributed by atoms with Gasteiger partial charge in [0.2, 0.25) is 12.1 Å². The lowest BCUT2D eigenvalue weighted by molar-refractivity contribution is -0.127. The molecule has 0 fully saturated rings. The van der Waals surface area contributed by atoms with E-state index >= 15 is 0 Å². The third kappa shape index (κ3) is 5.50. The van der Waals surface area contributed by atoms with Crippen LogP contribution in [0.4, 0.5) is 18.9 Å². The van der Waals surface area contributed by atoms with Gasteiger partial charge >= 0.3 is 0 Å². The number of aliphatic hydroxyl groups excluding tert-OH is 1. The predicted molar refractivity (Wildman–Crippen MR) is 144 cm³/mol. The Balaban J connectivity index is 1.55. The van der Waals surface area contributed by atoms with Crippen molar-refractivity contribution in [3.05, 3.63) is 137 Å². The molecule has 0 bridgehead atoms. The van der Waals surface area contributed by atoms with Crippen LogP contribution in [0.15, 0.2) is 102 Å². The van der Waals surface area contributed by atoms with Crippen molar-refractivity contribution < 1.29 is 27.9 Å². The van der Waals surface area contributed by atoms with Gasteiger partial charge in [0.1, 0.15) is 5.82 Å². The van der Waals surface area contributed by atoms with Gasteiger partial charge in [-0.1, -0.05) is 66.7 Å². The fourth-order valence-corrected chi connectivity index (χ4v) is 4.79. The Kier molecular flexibility index (Phi) is 7.75. The Hall–Kier alpha value is -4.76. The van der Waals surface area contributed by atoms with Crippen molar-refractivity contribution in [2.75, 3.05) is 11.9 Å². The smallest absolute Gasteiger partial charge is 0.269 e. The van der Waals surface area contributed by atoms with Crippen molar-refractivity contribution >= 4 is 23.2 Å². The van der Waals surface area contributed by atoms with Gasteiger partial charge in [-0.05, 0) is 41.5 Å². The summed E-state index contributed by atoms with van der Waals surface area (Å²) in [7, 11) is 0. The maximum absolute atomic E-state index is 14.1. The molecule has 0 saturated heterocycles. The summed E-state index contributed by atoms with van der Waals surface area (Å²) in [6, 6.07) is 24.4. The number of halogens is 3. The number of carbonyl (C=O) groups excluding carboxylic acids is 2. The van der Waals surface area contributed by atoms with Crippen LogP contribution in [-0.4, -0.2) is 35.4 Å². The quantitative estimate of drug-likeness (QED) is 0.310. The zero-order chi connectivity index (χ0) is 28.2. The van der Waals surface area contributed by atoms with Crippen molar-refractivity contribution in [2.24, 2.45) is 4.99 Å². The van der Waals surface area contributed by atoms with E-state index in [-0.39, 0.29) is 5.56 Å². The highest BCUT2D eigenvalue weighted by Gasteiger charge is 2.35. The monoisotopic (exact) mass is 543 g/mol. The molecule has 5 rings (SSSR count). The average molecular weight is 544 g/mol. The second-order valence-electron chi connectivity index (χ2n) is 9.28. The zero-order valence-corrected chi connectivity index (χ0v) is 21.0. The van der Waals surface area contributed by atoms with Crippen molar-refractivity contribution in [3.8, 4) is 0 Å². The van der Waals surface area contributed by atoms with E-state index in [1.54, 1.807) is 24.3 Å². The zero-order valence-electron chi connectivity index (χ0n) is 21.0. The van der Waals surface area contributed by atoms with Crippen molar-refractivity contribution in [1.82, 2.24) is 5.32 Å². The first-order valence-electron chi connectivity index (χ1n) is 12.5. The Morgan fingerprint density at radius 2 is 1.55 bits per heavy atom. The molecule has 0 spiro atoms. The van der Waals surface area contributed by atoms with Gasteiger partial charge < -0.3 is 15.7 Å². The summed E-state index contributed by atoms with van der Waals surface area (Å²) in [6.45, 7) is -0.624. The first-order chi connectivity index (χ1) is 19.4. The summed E-state index contributed by atoms with van der Waals surface area (Å²) < 4.78 is 41.5. The number of nitrogens with zero attached hydrogens (tertiary/aromatic N) is 1. The van der Waals surface area contributed by atoms with E-state index in [1.807, 2.05) is 30.3 Å². The first kappa shape index (κ1) is 26.8. The largest absolute Gasteiger partial charge is 0.396 e. The number of hydrogen-bond acceptors (Lipinski definition) is 4. The fourth-order valence-electron chi connectivity index (χ4n) is 4.79. The number of benzodiazepines with no additional fused rings is 1. The second-order valence-corrected chi connectivity index (χ2v) is 9.28. The number of rotatable bonds is 7. The Morgan fingerprint density at radius 1 is 0.875 bits per heavy atom. The van der Waals surface area contributed by atoms with Crippen molar-refractivity contribution in [3.63, 3.8) is 0 Å². The van der Waals surface area contributed by atoms with E-state index < -0.39 is 53.9 Å². The summed E-state index contributed by atoms with van der Waals surface area (Å²) in [4.78, 5) is 31.7. The molecular weight excluding hydrogens is 519 g/mol. The molecule has 0 aliphatic carbocycles. The summed E-state index contributed by atoms with van der Waals surface area (Å²) in [5, 5.41) is 15.8. The number of nitrogens with one attached hydrogen (secondary N) is 2. The van der Waals surface area contributed by atoms with E-state index in [2.05, 4.69) is 15.6 Å². The molecule has 0 unspecified atom stereocenters. The van der Waals surface area contributed by atoms with E-state index in [0.717, 1.165) is 29.8 Å². The molecule has 4 aromatic carbocycles. The Labute approximate surface area is 228 Å². The molecule has 0 radical (unpaired) electrons. The van der Waals surface area contributed by atoms with Crippen LogP contribution in [0.1, 0.15) is 34.1 Å². The van der Waals surface area contributed by atoms with E-state index in [1.165, 1.54) is 18.2 Å². The minimum atomic E-state index is -1.37. The van der Waals surface area contributed by atoms with Crippen LogP contribution >= 0.6 is 0 Å². The minimum Gasteiger partial charge on any atom is -0.396 e. The SMILES string of the molecule is O=C1Nc2ccccc2C(c2ccccc2)=N[C@@H]1NC(=O)[C@H](c1ccc(F)cc1)[C@@H](CO)c1ccc(F)c(F)c1. The molecule has 4 aromatic rings. The van der Waals surface area contributed by atoms with Gasteiger partial charge in [-0.25, -0.2) is 18.2 Å². The molecule has 3 atom stereocenters. The Morgan fingerprint density at radius 3 is 2.25 bits per heavy atom. The molecule has 2 amide bonds. The number of para-hydroxylation sites is 1. The van der Waals surface area contributed by atoms with Crippen LogP contribution in [0.3, 0.4) is 0 Å². The molecule has 1 aliphatic rings. The molecule has 40 heavy (non-hydrogen) atoms. The van der Waals surface area contributed by atoms with Crippen molar-refractivity contribution in [2.45, 2.75) is 18.0 Å². The number of amides is 2. The topological polar surface area (TPSA) is 90.8 Å². The molecule has 1 aliphatic heterocycles. The van der Waals surface area contributed by atoms with Gasteiger partial charge in [-0.3, -0.25) is 9.59 Å². The van der Waals surface area contributed by atoms with Gasteiger partial charge in [0.05, 0.1) is 23.9 Å². The van der Waals surface area contributed by atoms with E-state index in [9.17, 15) is 27.9 Å². The number of benzene rings is 4. The molecule has 202 valence electrons. The molecule has 9 heteroatoms. The van der Waals surface area contributed by atoms with Crippen LogP contribution in [-0.2, 0) is 9.59 Å². The number of hydrogen-bond donors (Lipinski definition) is 3. The minimum absolute atomic E-state index is 0.150. The van der Waals surface area contributed by atoms with Gasteiger partial charge in [-0.2, -0.15) is 0 Å². The number of aliphatic imine (C=N–C) groups is 1. The second kappa shape index (κ2) is 11.5. The molecule has 0 aromatic heterocycles. The lowest BCUT2D eigenvalue weighted by Crippen LogP contribution is -2.45. The summed E-state index contributed by atoms with van der Waals surface area (Å²) in [5.41, 5.74) is 2.80. The maximum Gasteiger partial charge on any atom is 0.269 e. The first-order valence-corrected chi connectivity index (χ1v) is 12.5.